The highest BCUT2D eigenvalue weighted by Crippen LogP contribution is 2.16. The summed E-state index contributed by atoms with van der Waals surface area (Å²) in [6, 6.07) is 10.4. The second kappa shape index (κ2) is 6.34. The molecule has 22 heavy (non-hydrogen) atoms. The first-order chi connectivity index (χ1) is 10.4. The fourth-order valence-corrected chi connectivity index (χ4v) is 2.06. The lowest BCUT2D eigenvalue weighted by Gasteiger charge is -2.17. The van der Waals surface area contributed by atoms with Crippen LogP contribution in [0.15, 0.2) is 42.5 Å². The lowest BCUT2D eigenvalue weighted by molar-refractivity contribution is -0.384. The Morgan fingerprint density at radius 3 is 2.64 bits per heavy atom. The van der Waals surface area contributed by atoms with Gasteiger partial charge in [0.25, 0.3) is 11.6 Å². The van der Waals surface area contributed by atoms with Crippen LogP contribution in [0.1, 0.15) is 21.5 Å². The van der Waals surface area contributed by atoms with E-state index in [1.807, 2.05) is 0 Å². The Morgan fingerprint density at radius 1 is 1.27 bits per heavy atom. The average molecular weight is 302 g/mol. The van der Waals surface area contributed by atoms with Gasteiger partial charge in [-0.1, -0.05) is 18.2 Å². The van der Waals surface area contributed by atoms with Crippen molar-refractivity contribution in [2.75, 3.05) is 7.05 Å². The summed E-state index contributed by atoms with van der Waals surface area (Å²) in [6.45, 7) is 1.83. The van der Waals surface area contributed by atoms with Gasteiger partial charge in [-0.05, 0) is 30.2 Å². The van der Waals surface area contributed by atoms with Gasteiger partial charge < -0.3 is 4.90 Å². The largest absolute Gasteiger partial charge is 0.337 e. The summed E-state index contributed by atoms with van der Waals surface area (Å²) in [4.78, 5) is 23.9. The van der Waals surface area contributed by atoms with E-state index in [1.165, 1.54) is 23.1 Å². The fraction of sp³-hybridized carbons (Fsp3) is 0.188. The molecular formula is C16H15FN2O3. The van der Waals surface area contributed by atoms with Gasteiger partial charge in [0.15, 0.2) is 0 Å². The van der Waals surface area contributed by atoms with Gasteiger partial charge in [-0.15, -0.1) is 0 Å². The first kappa shape index (κ1) is 15.6. The molecule has 2 aromatic carbocycles. The third-order valence-corrected chi connectivity index (χ3v) is 3.31. The highest BCUT2D eigenvalue weighted by Gasteiger charge is 2.14. The van der Waals surface area contributed by atoms with E-state index in [-0.39, 0.29) is 23.7 Å². The molecule has 0 bridgehead atoms. The lowest BCUT2D eigenvalue weighted by atomic mass is 10.1. The van der Waals surface area contributed by atoms with E-state index in [0.717, 1.165) is 0 Å². The number of aryl methyl sites for hydroxylation is 1. The van der Waals surface area contributed by atoms with Crippen molar-refractivity contribution in [3.8, 4) is 0 Å². The lowest BCUT2D eigenvalue weighted by Crippen LogP contribution is -2.26. The molecule has 2 aromatic rings. The topological polar surface area (TPSA) is 63.5 Å². The van der Waals surface area contributed by atoms with Crippen LogP contribution in [0.5, 0.6) is 0 Å². The third-order valence-electron chi connectivity index (χ3n) is 3.31. The zero-order valence-corrected chi connectivity index (χ0v) is 12.2. The summed E-state index contributed by atoms with van der Waals surface area (Å²) in [5.74, 6) is -0.778. The smallest absolute Gasteiger partial charge is 0.269 e. The molecule has 0 spiro atoms. The molecule has 0 unspecified atom stereocenters. The van der Waals surface area contributed by atoms with Crippen LogP contribution < -0.4 is 0 Å². The number of rotatable bonds is 4. The maximum absolute atomic E-state index is 13.5. The number of non-ortho nitro benzene ring substituents is 1. The Bertz CT molecular complexity index is 731. The minimum atomic E-state index is -0.485. The molecule has 2 rings (SSSR count). The number of hydrogen-bond donors (Lipinski definition) is 0. The number of benzene rings is 2. The molecular weight excluding hydrogens is 287 g/mol. The molecule has 6 heteroatoms. The van der Waals surface area contributed by atoms with Crippen molar-refractivity contribution < 1.29 is 14.1 Å². The SMILES string of the molecule is Cc1ccc(C(=O)N(C)Cc2cccc([N+](=O)[O-])c2)cc1F. The van der Waals surface area contributed by atoms with Gasteiger partial charge in [0.2, 0.25) is 0 Å². The number of carbonyl (C=O) groups excluding carboxylic acids is 1. The predicted molar refractivity (Wildman–Crippen MR) is 80.0 cm³/mol. The summed E-state index contributed by atoms with van der Waals surface area (Å²) >= 11 is 0. The van der Waals surface area contributed by atoms with Gasteiger partial charge >= 0.3 is 0 Å². The maximum atomic E-state index is 13.5. The Kier molecular flexibility index (Phi) is 4.50. The summed E-state index contributed by atoms with van der Waals surface area (Å²) in [7, 11) is 1.57. The summed E-state index contributed by atoms with van der Waals surface area (Å²) in [5, 5.41) is 10.7. The Hall–Kier alpha value is -2.76. The molecule has 0 saturated heterocycles. The zero-order chi connectivity index (χ0) is 16.3. The monoisotopic (exact) mass is 302 g/mol. The van der Waals surface area contributed by atoms with Crippen molar-refractivity contribution in [1.82, 2.24) is 4.90 Å². The molecule has 0 aliphatic heterocycles. The van der Waals surface area contributed by atoms with E-state index in [4.69, 9.17) is 0 Å². The predicted octanol–water partition coefficient (Wildman–Crippen LogP) is 3.31. The number of hydrogen-bond acceptors (Lipinski definition) is 3. The molecule has 114 valence electrons. The number of nitrogens with zero attached hydrogens (tertiary/aromatic N) is 2. The van der Waals surface area contributed by atoms with Crippen LogP contribution in [0.2, 0.25) is 0 Å². The van der Waals surface area contributed by atoms with Gasteiger partial charge in [0.05, 0.1) is 4.92 Å². The minimum Gasteiger partial charge on any atom is -0.337 e. The molecule has 0 aromatic heterocycles. The van der Waals surface area contributed by atoms with Gasteiger partial charge in [0.1, 0.15) is 5.82 Å². The van der Waals surface area contributed by atoms with Crippen LogP contribution in [0.4, 0.5) is 10.1 Å². The zero-order valence-electron chi connectivity index (χ0n) is 12.2. The molecule has 0 aliphatic carbocycles. The van der Waals surface area contributed by atoms with Crippen molar-refractivity contribution in [3.63, 3.8) is 0 Å². The molecule has 1 amide bonds. The number of nitro benzene ring substituents is 1. The summed E-state index contributed by atoms with van der Waals surface area (Å²) in [5.41, 5.74) is 1.33. The van der Waals surface area contributed by atoms with E-state index in [2.05, 4.69) is 0 Å². The van der Waals surface area contributed by atoms with E-state index in [1.54, 1.807) is 38.2 Å². The highest BCUT2D eigenvalue weighted by molar-refractivity contribution is 5.94. The van der Waals surface area contributed by atoms with Crippen LogP contribution in [0.25, 0.3) is 0 Å². The van der Waals surface area contributed by atoms with Crippen LogP contribution >= 0.6 is 0 Å². The normalized spacial score (nSPS) is 10.3. The Balaban J connectivity index is 2.16. The van der Waals surface area contributed by atoms with Crippen LogP contribution in [0.3, 0.4) is 0 Å². The Labute approximate surface area is 127 Å². The van der Waals surface area contributed by atoms with Gasteiger partial charge in [-0.3, -0.25) is 14.9 Å². The second-order valence-corrected chi connectivity index (χ2v) is 5.05. The van der Waals surface area contributed by atoms with E-state index < -0.39 is 10.7 Å². The maximum Gasteiger partial charge on any atom is 0.269 e. The van der Waals surface area contributed by atoms with E-state index in [9.17, 15) is 19.3 Å². The molecule has 0 radical (unpaired) electrons. The fourth-order valence-electron chi connectivity index (χ4n) is 2.06. The third kappa shape index (κ3) is 3.46. The van der Waals surface area contributed by atoms with Gasteiger partial charge in [0, 0.05) is 31.3 Å². The highest BCUT2D eigenvalue weighted by atomic mass is 19.1. The molecule has 0 atom stereocenters. The van der Waals surface area contributed by atoms with Crippen LogP contribution in [0, 0.1) is 22.9 Å². The Morgan fingerprint density at radius 2 is 2.00 bits per heavy atom. The molecule has 5 nitrogen and oxygen atoms in total. The number of nitro groups is 1. The van der Waals surface area contributed by atoms with Crippen molar-refractivity contribution in [1.29, 1.82) is 0 Å². The first-order valence-corrected chi connectivity index (χ1v) is 6.63. The van der Waals surface area contributed by atoms with Crippen molar-refractivity contribution in [2.45, 2.75) is 13.5 Å². The van der Waals surface area contributed by atoms with E-state index >= 15 is 0 Å². The van der Waals surface area contributed by atoms with Crippen molar-refractivity contribution in [3.05, 3.63) is 75.1 Å². The first-order valence-electron chi connectivity index (χ1n) is 6.63. The molecule has 0 N–H and O–H groups in total. The number of amides is 1. The summed E-state index contributed by atoms with van der Waals surface area (Å²) in [6.07, 6.45) is 0. The second-order valence-electron chi connectivity index (χ2n) is 5.05. The van der Waals surface area contributed by atoms with Gasteiger partial charge in [-0.25, -0.2) is 4.39 Å². The molecule has 0 fully saturated rings. The van der Waals surface area contributed by atoms with Crippen molar-refractivity contribution >= 4 is 11.6 Å². The summed E-state index contributed by atoms with van der Waals surface area (Å²) < 4.78 is 13.5. The standard InChI is InChI=1S/C16H15FN2O3/c1-11-6-7-13(9-15(11)17)16(20)18(2)10-12-4-3-5-14(8-12)19(21)22/h3-9H,10H2,1-2H3. The van der Waals surface area contributed by atoms with Crippen LogP contribution in [-0.4, -0.2) is 22.8 Å². The van der Waals surface area contributed by atoms with Crippen LogP contribution in [-0.2, 0) is 6.54 Å². The quantitative estimate of drug-likeness (QED) is 0.643. The van der Waals surface area contributed by atoms with E-state index in [0.29, 0.717) is 11.1 Å². The minimum absolute atomic E-state index is 0.0280. The molecule has 0 aliphatic rings. The molecule has 0 heterocycles. The van der Waals surface area contributed by atoms with Crippen molar-refractivity contribution in [2.24, 2.45) is 0 Å². The van der Waals surface area contributed by atoms with Gasteiger partial charge in [-0.2, -0.15) is 0 Å². The number of halogens is 1. The average Bonchev–Trinajstić information content (AvgIpc) is 2.49. The molecule has 0 saturated carbocycles. The number of carbonyl (C=O) groups is 1.